The zero-order valence-corrected chi connectivity index (χ0v) is 9.52. The molecule has 1 fully saturated rings. The molecule has 4 heteroatoms. The molecule has 1 heterocycles. The molecule has 0 aliphatic carbocycles. The Bertz CT molecular complexity index is 433. The Morgan fingerprint density at radius 2 is 2.06 bits per heavy atom. The van der Waals surface area contributed by atoms with E-state index in [2.05, 4.69) is 11.4 Å². The molecule has 0 atom stereocenters. The summed E-state index contributed by atoms with van der Waals surface area (Å²) < 4.78 is 13.9. The van der Waals surface area contributed by atoms with E-state index in [0.29, 0.717) is 18.4 Å². The standard InChI is InChI=1S/C12H12ClFN2/c13-10-3-1-2-9(11(10)14)12(8-15)4-6-16-7-5-12/h1-3,16H,4-7H2. The minimum absolute atomic E-state index is 0.0886. The lowest BCUT2D eigenvalue weighted by Crippen LogP contribution is -2.39. The molecule has 16 heavy (non-hydrogen) atoms. The third kappa shape index (κ3) is 1.79. The van der Waals surface area contributed by atoms with Crippen molar-refractivity contribution in [2.75, 3.05) is 13.1 Å². The van der Waals surface area contributed by atoms with Crippen LogP contribution in [0.2, 0.25) is 5.02 Å². The number of nitrogens with zero attached hydrogens (tertiary/aromatic N) is 1. The Morgan fingerprint density at radius 1 is 1.38 bits per heavy atom. The second-order valence-corrected chi connectivity index (χ2v) is 4.45. The van der Waals surface area contributed by atoms with E-state index in [9.17, 15) is 9.65 Å². The largest absolute Gasteiger partial charge is 0.317 e. The van der Waals surface area contributed by atoms with Crippen LogP contribution in [0.25, 0.3) is 0 Å². The summed E-state index contributed by atoms with van der Waals surface area (Å²) in [6.45, 7) is 1.47. The van der Waals surface area contributed by atoms with Gasteiger partial charge in [-0.3, -0.25) is 0 Å². The predicted octanol–water partition coefficient (Wildman–Crippen LogP) is 2.62. The molecule has 0 radical (unpaired) electrons. The predicted molar refractivity (Wildman–Crippen MR) is 60.8 cm³/mol. The number of hydrogen-bond acceptors (Lipinski definition) is 2. The maximum atomic E-state index is 13.9. The molecule has 0 spiro atoms. The summed E-state index contributed by atoms with van der Waals surface area (Å²) in [7, 11) is 0. The second-order valence-electron chi connectivity index (χ2n) is 4.05. The van der Waals surface area contributed by atoms with Crippen molar-refractivity contribution >= 4 is 11.6 Å². The van der Waals surface area contributed by atoms with E-state index in [1.807, 2.05) is 0 Å². The van der Waals surface area contributed by atoms with Gasteiger partial charge in [-0.25, -0.2) is 4.39 Å². The van der Waals surface area contributed by atoms with E-state index in [-0.39, 0.29) is 5.02 Å². The highest BCUT2D eigenvalue weighted by atomic mass is 35.5. The zero-order valence-electron chi connectivity index (χ0n) is 8.76. The molecular weight excluding hydrogens is 227 g/mol. The second kappa shape index (κ2) is 4.40. The first-order valence-electron chi connectivity index (χ1n) is 5.26. The molecule has 0 bridgehead atoms. The third-order valence-corrected chi connectivity index (χ3v) is 3.43. The number of nitrogens with one attached hydrogen (secondary N) is 1. The molecule has 2 nitrogen and oxygen atoms in total. The highest BCUT2D eigenvalue weighted by Crippen LogP contribution is 2.36. The SMILES string of the molecule is N#CC1(c2cccc(Cl)c2F)CCNCC1. The molecule has 1 saturated heterocycles. The van der Waals surface area contributed by atoms with Gasteiger partial charge in [0.05, 0.1) is 16.5 Å². The van der Waals surface area contributed by atoms with Crippen molar-refractivity contribution in [3.05, 3.63) is 34.6 Å². The van der Waals surface area contributed by atoms with Gasteiger partial charge < -0.3 is 5.32 Å². The Hall–Kier alpha value is -1.11. The molecule has 1 aliphatic rings. The Labute approximate surface area is 99.0 Å². The molecule has 84 valence electrons. The van der Waals surface area contributed by atoms with Gasteiger partial charge >= 0.3 is 0 Å². The fraction of sp³-hybridized carbons (Fsp3) is 0.417. The van der Waals surface area contributed by atoms with Crippen LogP contribution in [0.15, 0.2) is 18.2 Å². The van der Waals surface area contributed by atoms with Gasteiger partial charge in [0.2, 0.25) is 0 Å². The lowest BCUT2D eigenvalue weighted by atomic mass is 9.74. The van der Waals surface area contributed by atoms with Crippen LogP contribution >= 0.6 is 11.6 Å². The highest BCUT2D eigenvalue weighted by Gasteiger charge is 2.36. The minimum atomic E-state index is -0.722. The molecule has 1 aromatic carbocycles. The van der Waals surface area contributed by atoms with Crippen LogP contribution in [-0.2, 0) is 5.41 Å². The van der Waals surface area contributed by atoms with E-state index >= 15 is 0 Å². The quantitative estimate of drug-likeness (QED) is 0.817. The molecule has 0 unspecified atom stereocenters. The Kier molecular flexibility index (Phi) is 3.13. The van der Waals surface area contributed by atoms with Crippen molar-refractivity contribution in [2.45, 2.75) is 18.3 Å². The normalized spacial score (nSPS) is 19.1. The van der Waals surface area contributed by atoms with E-state index in [4.69, 9.17) is 11.6 Å². The third-order valence-electron chi connectivity index (χ3n) is 3.14. The fourth-order valence-corrected chi connectivity index (χ4v) is 2.34. The van der Waals surface area contributed by atoms with Crippen LogP contribution in [0, 0.1) is 17.1 Å². The van der Waals surface area contributed by atoms with Crippen molar-refractivity contribution in [3.63, 3.8) is 0 Å². The number of benzene rings is 1. The average Bonchev–Trinajstić information content (AvgIpc) is 2.33. The van der Waals surface area contributed by atoms with Gasteiger partial charge in [-0.1, -0.05) is 23.7 Å². The van der Waals surface area contributed by atoms with Gasteiger partial charge in [0.15, 0.2) is 0 Å². The molecule has 0 aromatic heterocycles. The van der Waals surface area contributed by atoms with Gasteiger partial charge in [0.1, 0.15) is 5.82 Å². The summed E-state index contributed by atoms with van der Waals surface area (Å²) in [5, 5.41) is 12.6. The average molecular weight is 239 g/mol. The van der Waals surface area contributed by atoms with Gasteiger partial charge in [-0.2, -0.15) is 5.26 Å². The van der Waals surface area contributed by atoms with Gasteiger partial charge in [0, 0.05) is 5.56 Å². The first-order valence-corrected chi connectivity index (χ1v) is 5.64. The van der Waals surface area contributed by atoms with Gasteiger partial charge in [-0.05, 0) is 32.0 Å². The van der Waals surface area contributed by atoms with E-state index < -0.39 is 11.2 Å². The summed E-state index contributed by atoms with van der Waals surface area (Å²) in [6, 6.07) is 7.13. The Balaban J connectivity index is 2.48. The number of halogens is 2. The van der Waals surface area contributed by atoms with Crippen LogP contribution in [0.4, 0.5) is 4.39 Å². The van der Waals surface area contributed by atoms with E-state index in [0.717, 1.165) is 13.1 Å². The summed E-state index contributed by atoms with van der Waals surface area (Å²) >= 11 is 5.75. The van der Waals surface area contributed by atoms with E-state index in [1.165, 1.54) is 6.07 Å². The van der Waals surface area contributed by atoms with Crippen LogP contribution < -0.4 is 5.32 Å². The summed E-state index contributed by atoms with van der Waals surface area (Å²) in [6.07, 6.45) is 1.25. The lowest BCUT2D eigenvalue weighted by Gasteiger charge is -2.31. The Morgan fingerprint density at radius 3 is 2.69 bits per heavy atom. The van der Waals surface area contributed by atoms with Crippen molar-refractivity contribution in [2.24, 2.45) is 0 Å². The summed E-state index contributed by atoms with van der Waals surface area (Å²) in [4.78, 5) is 0. The number of piperidine rings is 1. The van der Waals surface area contributed by atoms with Crippen molar-refractivity contribution in [3.8, 4) is 6.07 Å². The topological polar surface area (TPSA) is 35.8 Å². The smallest absolute Gasteiger partial charge is 0.146 e. The van der Waals surface area contributed by atoms with E-state index in [1.54, 1.807) is 12.1 Å². The van der Waals surface area contributed by atoms with Crippen LogP contribution in [-0.4, -0.2) is 13.1 Å². The van der Waals surface area contributed by atoms with Gasteiger partial charge in [-0.15, -0.1) is 0 Å². The number of hydrogen-bond donors (Lipinski definition) is 1. The molecule has 1 aliphatic heterocycles. The van der Waals surface area contributed by atoms with Gasteiger partial charge in [0.25, 0.3) is 0 Å². The fourth-order valence-electron chi connectivity index (χ4n) is 2.17. The maximum absolute atomic E-state index is 13.9. The number of nitriles is 1. The summed E-state index contributed by atoms with van der Waals surface area (Å²) in [5.41, 5.74) is -0.288. The number of rotatable bonds is 1. The maximum Gasteiger partial charge on any atom is 0.146 e. The zero-order chi connectivity index (χ0) is 11.6. The van der Waals surface area contributed by atoms with Crippen molar-refractivity contribution in [1.82, 2.24) is 5.32 Å². The van der Waals surface area contributed by atoms with Crippen molar-refractivity contribution in [1.29, 1.82) is 5.26 Å². The first kappa shape index (κ1) is 11.4. The molecule has 1 N–H and O–H groups in total. The summed E-state index contributed by atoms with van der Waals surface area (Å²) in [5.74, 6) is -0.451. The molecular formula is C12H12ClFN2. The molecule has 2 rings (SSSR count). The monoisotopic (exact) mass is 238 g/mol. The van der Waals surface area contributed by atoms with Crippen molar-refractivity contribution < 1.29 is 4.39 Å². The first-order chi connectivity index (χ1) is 7.69. The highest BCUT2D eigenvalue weighted by molar-refractivity contribution is 6.30. The van der Waals surface area contributed by atoms with Crippen LogP contribution in [0.1, 0.15) is 18.4 Å². The molecule has 0 amide bonds. The minimum Gasteiger partial charge on any atom is -0.317 e. The molecule has 1 aromatic rings. The molecule has 0 saturated carbocycles. The lowest BCUT2D eigenvalue weighted by molar-refractivity contribution is 0.370. The van der Waals surface area contributed by atoms with Crippen LogP contribution in [0.3, 0.4) is 0 Å². The van der Waals surface area contributed by atoms with Crippen LogP contribution in [0.5, 0.6) is 0 Å².